The van der Waals surface area contributed by atoms with Gasteiger partial charge in [-0.25, -0.2) is 9.78 Å². The molecule has 1 aliphatic rings. The van der Waals surface area contributed by atoms with E-state index in [1.165, 1.54) is 30.3 Å². The minimum atomic E-state index is -4.31. The largest absolute Gasteiger partial charge is 0.478 e. The molecule has 0 amide bonds. The van der Waals surface area contributed by atoms with Crippen LogP contribution in [0.2, 0.25) is 5.02 Å². The summed E-state index contributed by atoms with van der Waals surface area (Å²) in [4.78, 5) is 14.6. The van der Waals surface area contributed by atoms with Gasteiger partial charge in [0.25, 0.3) is 0 Å². The highest BCUT2D eigenvalue weighted by atomic mass is 35.5. The first-order valence-corrected chi connectivity index (χ1v) is 7.35. The number of carboxylic acids is 1. The third kappa shape index (κ3) is 2.91. The number of pyridine rings is 1. The topological polar surface area (TPSA) is 59.4 Å². The summed E-state index contributed by atoms with van der Waals surface area (Å²) in [5, 5.41) is 8.83. The van der Waals surface area contributed by atoms with E-state index in [9.17, 15) is 18.0 Å². The Bertz CT molecular complexity index is 786. The van der Waals surface area contributed by atoms with Crippen molar-refractivity contribution in [1.29, 1.82) is 0 Å². The van der Waals surface area contributed by atoms with E-state index >= 15 is 0 Å². The van der Waals surface area contributed by atoms with Gasteiger partial charge in [0.2, 0.25) is 5.88 Å². The number of benzene rings is 1. The fourth-order valence-electron chi connectivity index (χ4n) is 2.42. The van der Waals surface area contributed by atoms with Crippen LogP contribution in [-0.4, -0.2) is 22.2 Å². The molecule has 1 aromatic heterocycles. The maximum atomic E-state index is 13.1. The minimum absolute atomic E-state index is 0.00959. The second-order valence-corrected chi connectivity index (χ2v) is 5.92. The van der Waals surface area contributed by atoms with Crippen LogP contribution in [-0.2, 0) is 5.41 Å². The number of rotatable bonds is 4. The van der Waals surface area contributed by atoms with Crippen LogP contribution in [0.3, 0.4) is 0 Å². The molecule has 4 nitrogen and oxygen atoms in total. The molecule has 0 bridgehead atoms. The predicted octanol–water partition coefficient (Wildman–Crippen LogP) is 4.82. The molecule has 0 spiro atoms. The number of aromatic nitrogens is 1. The normalized spacial score (nSPS) is 15.8. The van der Waals surface area contributed by atoms with Gasteiger partial charge in [-0.2, -0.15) is 13.2 Å². The van der Waals surface area contributed by atoms with Crippen molar-refractivity contribution in [3.05, 3.63) is 52.7 Å². The fraction of sp³-hybridized carbons (Fsp3) is 0.250. The van der Waals surface area contributed by atoms with Crippen LogP contribution in [0, 0.1) is 0 Å². The van der Waals surface area contributed by atoms with Gasteiger partial charge in [0.15, 0.2) is 0 Å². The summed E-state index contributed by atoms with van der Waals surface area (Å²) >= 11 is 6.03. The molecule has 1 aromatic carbocycles. The number of halogens is 4. The highest BCUT2D eigenvalue weighted by Crippen LogP contribution is 2.59. The van der Waals surface area contributed by atoms with Gasteiger partial charge in [-0.1, -0.05) is 17.7 Å². The maximum Gasteiger partial charge on any atom is 0.398 e. The van der Waals surface area contributed by atoms with E-state index in [-0.39, 0.29) is 40.6 Å². The van der Waals surface area contributed by atoms with Gasteiger partial charge in [-0.05, 0) is 36.6 Å². The summed E-state index contributed by atoms with van der Waals surface area (Å²) in [6, 6.07) is 6.59. The maximum absolute atomic E-state index is 13.1. The predicted molar refractivity (Wildman–Crippen MR) is 79.7 cm³/mol. The standard InChI is InChI=1S/C16H11ClF3NO3/c17-11-7-10(15(5-6-15)16(18,19)20)2-3-12(11)24-13-4-1-9(8-21-13)14(22)23/h1-4,7-8H,5-6H2,(H,22,23). The van der Waals surface area contributed by atoms with E-state index in [0.29, 0.717) is 0 Å². The van der Waals surface area contributed by atoms with Gasteiger partial charge in [0.05, 0.1) is 16.0 Å². The SMILES string of the molecule is O=C(O)c1ccc(Oc2ccc(C3(C(F)(F)F)CC3)cc2Cl)nc1. The van der Waals surface area contributed by atoms with Crippen molar-refractivity contribution >= 4 is 17.6 Å². The lowest BCUT2D eigenvalue weighted by atomic mass is 9.95. The molecule has 2 aromatic rings. The number of carboxylic acid groups (broad SMARTS) is 1. The van der Waals surface area contributed by atoms with Crippen LogP contribution in [0.15, 0.2) is 36.5 Å². The Morgan fingerprint density at radius 3 is 2.42 bits per heavy atom. The zero-order valence-electron chi connectivity index (χ0n) is 12.1. The molecule has 1 aliphatic carbocycles. The summed E-state index contributed by atoms with van der Waals surface area (Å²) < 4.78 is 44.8. The second-order valence-electron chi connectivity index (χ2n) is 5.52. The molecule has 0 saturated heterocycles. The van der Waals surface area contributed by atoms with E-state index in [1.807, 2.05) is 0 Å². The fourth-order valence-corrected chi connectivity index (χ4v) is 2.64. The zero-order chi connectivity index (χ0) is 17.5. The van der Waals surface area contributed by atoms with Crippen LogP contribution in [0.25, 0.3) is 0 Å². The molecule has 1 fully saturated rings. The van der Waals surface area contributed by atoms with Crippen LogP contribution >= 0.6 is 11.6 Å². The molecule has 0 aliphatic heterocycles. The molecule has 1 saturated carbocycles. The highest BCUT2D eigenvalue weighted by Gasteiger charge is 2.64. The van der Waals surface area contributed by atoms with Crippen molar-refractivity contribution in [3.63, 3.8) is 0 Å². The molecule has 8 heteroatoms. The Kier molecular flexibility index (Phi) is 3.91. The number of ether oxygens (including phenoxy) is 1. The van der Waals surface area contributed by atoms with E-state index in [0.717, 1.165) is 6.20 Å². The Morgan fingerprint density at radius 2 is 1.96 bits per heavy atom. The first kappa shape index (κ1) is 16.6. The lowest BCUT2D eigenvalue weighted by Gasteiger charge is -2.20. The average molecular weight is 358 g/mol. The van der Waals surface area contributed by atoms with Gasteiger partial charge >= 0.3 is 12.1 Å². The van der Waals surface area contributed by atoms with Crippen LogP contribution in [0.1, 0.15) is 28.8 Å². The summed E-state index contributed by atoms with van der Waals surface area (Å²) in [7, 11) is 0. The summed E-state index contributed by atoms with van der Waals surface area (Å²) in [5.41, 5.74) is -1.71. The van der Waals surface area contributed by atoms with Gasteiger partial charge < -0.3 is 9.84 Å². The zero-order valence-corrected chi connectivity index (χ0v) is 12.9. The summed E-state index contributed by atoms with van der Waals surface area (Å²) in [6.07, 6.45) is -3.10. The third-order valence-corrected chi connectivity index (χ3v) is 4.27. The summed E-state index contributed by atoms with van der Waals surface area (Å²) in [5.74, 6) is -0.890. The Balaban J connectivity index is 1.82. The first-order valence-electron chi connectivity index (χ1n) is 6.97. The van der Waals surface area contributed by atoms with Crippen molar-refractivity contribution < 1.29 is 27.8 Å². The third-order valence-electron chi connectivity index (χ3n) is 3.97. The monoisotopic (exact) mass is 357 g/mol. The van der Waals surface area contributed by atoms with Crippen molar-refractivity contribution in [2.24, 2.45) is 0 Å². The smallest absolute Gasteiger partial charge is 0.398 e. The quantitative estimate of drug-likeness (QED) is 0.852. The van der Waals surface area contributed by atoms with Crippen LogP contribution in [0.5, 0.6) is 11.6 Å². The molecule has 1 heterocycles. The summed E-state index contributed by atoms with van der Waals surface area (Å²) in [6.45, 7) is 0. The molecule has 0 unspecified atom stereocenters. The molecular formula is C16H11ClF3NO3. The Hall–Kier alpha value is -2.28. The van der Waals surface area contributed by atoms with Crippen molar-refractivity contribution in [2.75, 3.05) is 0 Å². The molecule has 3 rings (SSSR count). The number of hydrogen-bond acceptors (Lipinski definition) is 3. The average Bonchev–Trinajstić information content (AvgIpc) is 3.31. The Morgan fingerprint density at radius 1 is 1.25 bits per heavy atom. The van der Waals surface area contributed by atoms with E-state index in [1.54, 1.807) is 0 Å². The number of nitrogens with zero attached hydrogens (tertiary/aromatic N) is 1. The van der Waals surface area contributed by atoms with Gasteiger partial charge in [-0.3, -0.25) is 0 Å². The highest BCUT2D eigenvalue weighted by molar-refractivity contribution is 6.32. The number of alkyl halides is 3. The van der Waals surface area contributed by atoms with E-state index in [2.05, 4.69) is 4.98 Å². The molecule has 0 atom stereocenters. The molecule has 126 valence electrons. The van der Waals surface area contributed by atoms with Gasteiger partial charge in [-0.15, -0.1) is 0 Å². The Labute approximate surface area is 139 Å². The lowest BCUT2D eigenvalue weighted by Crippen LogP contribution is -2.28. The minimum Gasteiger partial charge on any atom is -0.478 e. The van der Waals surface area contributed by atoms with Crippen molar-refractivity contribution in [1.82, 2.24) is 4.98 Å². The molecular weight excluding hydrogens is 347 g/mol. The second kappa shape index (κ2) is 5.66. The molecule has 0 radical (unpaired) electrons. The van der Waals surface area contributed by atoms with Gasteiger partial charge in [0, 0.05) is 12.3 Å². The van der Waals surface area contributed by atoms with Gasteiger partial charge in [0.1, 0.15) is 5.75 Å². The molecule has 1 N–H and O–H groups in total. The number of aromatic carboxylic acids is 1. The van der Waals surface area contributed by atoms with Crippen molar-refractivity contribution in [3.8, 4) is 11.6 Å². The first-order chi connectivity index (χ1) is 11.2. The van der Waals surface area contributed by atoms with E-state index in [4.69, 9.17) is 21.4 Å². The number of carbonyl (C=O) groups is 1. The van der Waals surface area contributed by atoms with E-state index < -0.39 is 17.6 Å². The number of hydrogen-bond donors (Lipinski definition) is 1. The molecule has 24 heavy (non-hydrogen) atoms. The lowest BCUT2D eigenvalue weighted by molar-refractivity contribution is -0.160. The van der Waals surface area contributed by atoms with Crippen LogP contribution < -0.4 is 4.74 Å². The van der Waals surface area contributed by atoms with Crippen molar-refractivity contribution in [2.45, 2.75) is 24.4 Å². The van der Waals surface area contributed by atoms with Crippen LogP contribution in [0.4, 0.5) is 13.2 Å².